The highest BCUT2D eigenvalue weighted by atomic mass is 16.5. The predicted octanol–water partition coefficient (Wildman–Crippen LogP) is 4.26. The summed E-state index contributed by atoms with van der Waals surface area (Å²) in [6.45, 7) is 3.56. The van der Waals surface area contributed by atoms with Crippen LogP contribution >= 0.6 is 0 Å². The Labute approximate surface area is 184 Å². The zero-order valence-electron chi connectivity index (χ0n) is 18.6. The number of hydrogen-bond acceptors (Lipinski definition) is 5. The van der Waals surface area contributed by atoms with Crippen LogP contribution in [0.1, 0.15) is 49.8 Å². The first-order chi connectivity index (χ1) is 15.1. The van der Waals surface area contributed by atoms with E-state index in [1.165, 1.54) is 6.42 Å². The first kappa shape index (κ1) is 21.4. The van der Waals surface area contributed by atoms with Crippen molar-refractivity contribution in [1.82, 2.24) is 9.91 Å². The number of likely N-dealkylation sites (tertiary alicyclic amines) is 1. The summed E-state index contributed by atoms with van der Waals surface area (Å²) in [5.74, 6) is 1.46. The Hall–Kier alpha value is -2.86. The summed E-state index contributed by atoms with van der Waals surface area (Å²) in [4.78, 5) is 15.7. The van der Waals surface area contributed by atoms with E-state index in [9.17, 15) is 4.79 Å². The van der Waals surface area contributed by atoms with E-state index in [0.717, 1.165) is 42.0 Å². The normalized spacial score (nSPS) is 21.6. The number of carbonyl (C=O) groups is 1. The largest absolute Gasteiger partial charge is 0.497 e. The molecular formula is C25H31N3O3. The van der Waals surface area contributed by atoms with Crippen LogP contribution in [-0.2, 0) is 4.79 Å². The van der Waals surface area contributed by atoms with Crippen LogP contribution in [0, 0.1) is 0 Å². The molecule has 31 heavy (non-hydrogen) atoms. The molecule has 2 atom stereocenters. The third-order valence-electron chi connectivity index (χ3n) is 6.35. The van der Waals surface area contributed by atoms with Gasteiger partial charge >= 0.3 is 0 Å². The number of rotatable bonds is 6. The maximum absolute atomic E-state index is 13.5. The Morgan fingerprint density at radius 2 is 1.90 bits per heavy atom. The second kappa shape index (κ2) is 9.52. The summed E-state index contributed by atoms with van der Waals surface area (Å²) < 4.78 is 11.0. The van der Waals surface area contributed by atoms with Gasteiger partial charge in [-0.3, -0.25) is 9.69 Å². The lowest BCUT2D eigenvalue weighted by molar-refractivity contribution is -0.135. The fraction of sp³-hybridized carbons (Fsp3) is 0.440. The van der Waals surface area contributed by atoms with Gasteiger partial charge in [0.05, 0.1) is 32.5 Å². The Morgan fingerprint density at radius 3 is 2.61 bits per heavy atom. The smallest absolute Gasteiger partial charge is 0.257 e. The van der Waals surface area contributed by atoms with Crippen LogP contribution in [-0.4, -0.2) is 54.9 Å². The molecule has 0 aliphatic carbocycles. The number of benzene rings is 2. The number of nitrogens with zero attached hydrogens (tertiary/aromatic N) is 3. The number of amides is 1. The first-order valence-corrected chi connectivity index (χ1v) is 11.0. The van der Waals surface area contributed by atoms with Crippen LogP contribution < -0.4 is 9.47 Å². The summed E-state index contributed by atoms with van der Waals surface area (Å²) in [7, 11) is 3.28. The van der Waals surface area contributed by atoms with E-state index in [2.05, 4.69) is 11.8 Å². The van der Waals surface area contributed by atoms with Crippen molar-refractivity contribution in [1.29, 1.82) is 0 Å². The molecule has 164 valence electrons. The van der Waals surface area contributed by atoms with Gasteiger partial charge in [0.2, 0.25) is 0 Å². The van der Waals surface area contributed by atoms with Crippen molar-refractivity contribution in [2.45, 2.75) is 44.7 Å². The van der Waals surface area contributed by atoms with Crippen LogP contribution in [0.2, 0.25) is 0 Å². The molecule has 6 heteroatoms. The minimum Gasteiger partial charge on any atom is -0.497 e. The van der Waals surface area contributed by atoms with Gasteiger partial charge in [0.1, 0.15) is 11.5 Å². The summed E-state index contributed by atoms with van der Waals surface area (Å²) >= 11 is 0. The number of hydrogen-bond donors (Lipinski definition) is 0. The summed E-state index contributed by atoms with van der Waals surface area (Å²) in [6, 6.07) is 16.1. The molecule has 0 saturated carbocycles. The summed E-state index contributed by atoms with van der Waals surface area (Å²) in [5.41, 5.74) is 2.91. The highest BCUT2D eigenvalue weighted by molar-refractivity contribution is 6.03. The van der Waals surface area contributed by atoms with Crippen molar-refractivity contribution in [2.24, 2.45) is 5.10 Å². The van der Waals surface area contributed by atoms with Gasteiger partial charge in [-0.15, -0.1) is 0 Å². The molecule has 0 bridgehead atoms. The first-order valence-electron chi connectivity index (χ1n) is 11.0. The predicted molar refractivity (Wildman–Crippen MR) is 122 cm³/mol. The molecule has 2 aliphatic heterocycles. The lowest BCUT2D eigenvalue weighted by atomic mass is 9.97. The molecule has 1 saturated heterocycles. The molecule has 2 aromatic rings. The summed E-state index contributed by atoms with van der Waals surface area (Å²) in [6.07, 6.45) is 4.17. The minimum atomic E-state index is -0.205. The zero-order valence-corrected chi connectivity index (χ0v) is 18.6. The average Bonchev–Trinajstić information content (AvgIpc) is 3.26. The van der Waals surface area contributed by atoms with Crippen molar-refractivity contribution in [2.75, 3.05) is 27.3 Å². The van der Waals surface area contributed by atoms with E-state index in [1.807, 2.05) is 48.5 Å². The maximum Gasteiger partial charge on any atom is 0.257 e. The standard InChI is InChI=1S/C25H31N3O3/c1-18-9-7-8-14-27(18)17-25(29)28-23(16-22(26-28)19-10-5-4-6-11-19)21-13-12-20(30-2)15-24(21)31-3/h4-6,10-13,15,18,23H,7-9,14,16-17H2,1-3H3/t18-,23+/m0/s1. The van der Waals surface area contributed by atoms with Crippen molar-refractivity contribution in [3.63, 3.8) is 0 Å². The molecule has 2 aromatic carbocycles. The Kier molecular flexibility index (Phi) is 6.56. The molecule has 0 spiro atoms. The second-order valence-corrected chi connectivity index (χ2v) is 8.29. The molecule has 2 aliphatic rings. The maximum atomic E-state index is 13.5. The van der Waals surface area contributed by atoms with Crippen LogP contribution in [0.3, 0.4) is 0 Å². The topological polar surface area (TPSA) is 54.4 Å². The zero-order chi connectivity index (χ0) is 21.8. The van der Waals surface area contributed by atoms with E-state index >= 15 is 0 Å². The summed E-state index contributed by atoms with van der Waals surface area (Å²) in [5, 5.41) is 6.49. The van der Waals surface area contributed by atoms with E-state index in [0.29, 0.717) is 24.8 Å². The van der Waals surface area contributed by atoms with Gasteiger partial charge < -0.3 is 9.47 Å². The van der Waals surface area contributed by atoms with Crippen molar-refractivity contribution in [3.8, 4) is 11.5 Å². The minimum absolute atomic E-state index is 0.0301. The molecule has 1 amide bonds. The monoisotopic (exact) mass is 421 g/mol. The van der Waals surface area contributed by atoms with Gasteiger partial charge in [0.15, 0.2) is 0 Å². The number of hydrazone groups is 1. The SMILES string of the molecule is COc1ccc([C@H]2CC(c3ccccc3)=NN2C(=O)CN2CCCC[C@@H]2C)c(OC)c1. The van der Waals surface area contributed by atoms with Crippen molar-refractivity contribution in [3.05, 3.63) is 59.7 Å². The van der Waals surface area contributed by atoms with Gasteiger partial charge in [0, 0.05) is 24.1 Å². The molecule has 0 unspecified atom stereocenters. The quantitative estimate of drug-likeness (QED) is 0.700. The Morgan fingerprint density at radius 1 is 1.10 bits per heavy atom. The van der Waals surface area contributed by atoms with E-state index in [1.54, 1.807) is 19.2 Å². The van der Waals surface area contributed by atoms with Gasteiger partial charge in [-0.05, 0) is 44.0 Å². The molecular weight excluding hydrogens is 390 g/mol. The van der Waals surface area contributed by atoms with Gasteiger partial charge in [0.25, 0.3) is 5.91 Å². The van der Waals surface area contributed by atoms with Gasteiger partial charge in [-0.25, -0.2) is 5.01 Å². The van der Waals surface area contributed by atoms with E-state index in [-0.39, 0.29) is 11.9 Å². The van der Waals surface area contributed by atoms with Crippen LogP contribution in [0.5, 0.6) is 11.5 Å². The third kappa shape index (κ3) is 4.59. The fourth-order valence-electron chi connectivity index (χ4n) is 4.52. The number of piperidine rings is 1. The van der Waals surface area contributed by atoms with E-state index in [4.69, 9.17) is 14.6 Å². The van der Waals surface area contributed by atoms with Gasteiger partial charge in [-0.1, -0.05) is 36.8 Å². The Balaban J connectivity index is 1.65. The van der Waals surface area contributed by atoms with Gasteiger partial charge in [-0.2, -0.15) is 5.10 Å². The molecule has 2 heterocycles. The second-order valence-electron chi connectivity index (χ2n) is 8.29. The number of methoxy groups -OCH3 is 2. The molecule has 0 N–H and O–H groups in total. The highest BCUT2D eigenvalue weighted by Gasteiger charge is 2.36. The molecule has 4 rings (SSSR count). The number of carbonyl (C=O) groups excluding carboxylic acids is 1. The average molecular weight is 422 g/mol. The molecule has 1 fully saturated rings. The Bertz CT molecular complexity index is 944. The van der Waals surface area contributed by atoms with Crippen LogP contribution in [0.25, 0.3) is 0 Å². The number of ether oxygens (including phenoxy) is 2. The lowest BCUT2D eigenvalue weighted by Gasteiger charge is -2.34. The lowest BCUT2D eigenvalue weighted by Crippen LogP contribution is -2.44. The van der Waals surface area contributed by atoms with Crippen molar-refractivity contribution < 1.29 is 14.3 Å². The van der Waals surface area contributed by atoms with Crippen molar-refractivity contribution >= 4 is 11.6 Å². The van der Waals surface area contributed by atoms with Crippen LogP contribution in [0.15, 0.2) is 53.6 Å². The molecule has 6 nitrogen and oxygen atoms in total. The van der Waals surface area contributed by atoms with E-state index < -0.39 is 0 Å². The fourth-order valence-corrected chi connectivity index (χ4v) is 4.52. The molecule has 0 radical (unpaired) electrons. The van der Waals surface area contributed by atoms with Crippen LogP contribution in [0.4, 0.5) is 0 Å². The molecule has 0 aromatic heterocycles. The third-order valence-corrected chi connectivity index (χ3v) is 6.35. The highest BCUT2D eigenvalue weighted by Crippen LogP contribution is 2.39.